The molecule has 36 heavy (non-hydrogen) atoms. The summed E-state index contributed by atoms with van der Waals surface area (Å²) in [5, 5.41) is 1.49. The SMILES string of the molecule is CC(C)(C)[S@@+]([O-])N[C@H]1c2ccccc2CC12CCC(c1cnc(Sc3ccnc(Cl)c3Cl)cn1)CC2. The van der Waals surface area contributed by atoms with E-state index < -0.39 is 11.4 Å². The monoisotopic (exact) mass is 560 g/mol. The highest BCUT2D eigenvalue weighted by Crippen LogP contribution is 2.56. The maximum atomic E-state index is 13.1. The standard InChI is InChI=1S/C27H30Cl2N4OS2/c1-26(2,3)36(34)33-24-19-7-5-4-6-18(19)14-27(24)11-8-17(9-12-27)20-15-32-22(16-31-20)35-21-10-13-30-25(29)23(21)28/h4-7,10,13,15-17,24,33H,8-9,11-12,14H2,1-3H3/t17?,24-,27?,36+/m0/s1. The topological polar surface area (TPSA) is 73.8 Å². The first-order chi connectivity index (χ1) is 17.2. The van der Waals surface area contributed by atoms with Crippen LogP contribution in [0.15, 0.2) is 58.8 Å². The molecule has 0 unspecified atom stereocenters. The van der Waals surface area contributed by atoms with Crippen molar-refractivity contribution in [3.05, 3.63) is 75.9 Å². The van der Waals surface area contributed by atoms with Crippen molar-refractivity contribution in [3.63, 3.8) is 0 Å². The predicted molar refractivity (Wildman–Crippen MR) is 148 cm³/mol. The lowest BCUT2D eigenvalue weighted by atomic mass is 9.66. The minimum Gasteiger partial charge on any atom is -0.598 e. The van der Waals surface area contributed by atoms with E-state index >= 15 is 0 Å². The number of pyridine rings is 1. The average molecular weight is 562 g/mol. The Kier molecular flexibility index (Phi) is 7.61. The van der Waals surface area contributed by atoms with E-state index in [1.165, 1.54) is 22.9 Å². The molecule has 5 nitrogen and oxygen atoms in total. The van der Waals surface area contributed by atoms with Crippen LogP contribution in [0, 0.1) is 5.41 Å². The zero-order valence-corrected chi connectivity index (χ0v) is 23.8. The first-order valence-electron chi connectivity index (χ1n) is 12.2. The van der Waals surface area contributed by atoms with Gasteiger partial charge in [0.15, 0.2) is 0 Å². The number of nitrogens with zero attached hydrogens (tertiary/aromatic N) is 3. The summed E-state index contributed by atoms with van der Waals surface area (Å²) < 4.78 is 16.3. The molecule has 3 aromatic rings. The molecule has 2 atom stereocenters. The van der Waals surface area contributed by atoms with E-state index in [1.54, 1.807) is 6.20 Å². The smallest absolute Gasteiger partial charge is 0.148 e. The van der Waals surface area contributed by atoms with Gasteiger partial charge in [0.05, 0.1) is 29.2 Å². The molecule has 1 N–H and O–H groups in total. The molecule has 1 saturated carbocycles. The van der Waals surface area contributed by atoms with Gasteiger partial charge in [0.25, 0.3) is 0 Å². The summed E-state index contributed by atoms with van der Waals surface area (Å²) in [5.74, 6) is 0.374. The third kappa shape index (κ3) is 5.29. The largest absolute Gasteiger partial charge is 0.598 e. The highest BCUT2D eigenvalue weighted by molar-refractivity contribution is 7.99. The third-order valence-corrected chi connectivity index (χ3v) is 10.8. The molecule has 2 aliphatic rings. The molecular formula is C27H30Cl2N4OS2. The lowest BCUT2D eigenvalue weighted by molar-refractivity contribution is 0.139. The molecule has 190 valence electrons. The fourth-order valence-electron chi connectivity index (χ4n) is 5.40. The summed E-state index contributed by atoms with van der Waals surface area (Å²) in [5.41, 5.74) is 3.81. The molecular weight excluding hydrogens is 531 g/mol. The van der Waals surface area contributed by atoms with Crippen molar-refractivity contribution in [1.29, 1.82) is 0 Å². The quantitative estimate of drug-likeness (QED) is 0.260. The van der Waals surface area contributed by atoms with Gasteiger partial charge in [-0.25, -0.2) is 9.97 Å². The van der Waals surface area contributed by atoms with E-state index in [2.05, 4.69) is 39.0 Å². The number of rotatable bonds is 5. The molecule has 1 spiro atoms. The molecule has 2 heterocycles. The second kappa shape index (κ2) is 10.4. The fourth-order valence-corrected chi connectivity index (χ4v) is 7.53. The molecule has 0 bridgehead atoms. The van der Waals surface area contributed by atoms with E-state index in [0.717, 1.165) is 47.7 Å². The molecule has 0 saturated heterocycles. The van der Waals surface area contributed by atoms with E-state index in [9.17, 15) is 4.55 Å². The van der Waals surface area contributed by atoms with Crippen LogP contribution in [0.5, 0.6) is 0 Å². The van der Waals surface area contributed by atoms with Crippen LogP contribution >= 0.6 is 35.0 Å². The van der Waals surface area contributed by atoms with Crippen LogP contribution < -0.4 is 4.72 Å². The molecule has 1 fully saturated rings. The third-order valence-electron chi connectivity index (χ3n) is 7.38. The molecule has 1 aromatic carbocycles. The molecule has 0 radical (unpaired) electrons. The van der Waals surface area contributed by atoms with Crippen molar-refractivity contribution in [2.24, 2.45) is 5.41 Å². The van der Waals surface area contributed by atoms with Crippen LogP contribution in [0.3, 0.4) is 0 Å². The number of fused-ring (bicyclic) bond motifs is 1. The van der Waals surface area contributed by atoms with E-state index in [4.69, 9.17) is 28.2 Å². The van der Waals surface area contributed by atoms with Crippen LogP contribution in [0.1, 0.15) is 75.2 Å². The Morgan fingerprint density at radius 3 is 2.50 bits per heavy atom. The Morgan fingerprint density at radius 1 is 1.06 bits per heavy atom. The van der Waals surface area contributed by atoms with Crippen LogP contribution in [-0.2, 0) is 17.8 Å². The highest BCUT2D eigenvalue weighted by atomic mass is 35.5. The van der Waals surface area contributed by atoms with Crippen LogP contribution in [0.2, 0.25) is 10.2 Å². The van der Waals surface area contributed by atoms with Crippen molar-refractivity contribution in [3.8, 4) is 0 Å². The highest BCUT2D eigenvalue weighted by Gasteiger charge is 2.50. The van der Waals surface area contributed by atoms with Crippen molar-refractivity contribution >= 4 is 46.3 Å². The Labute approximate surface area is 230 Å². The van der Waals surface area contributed by atoms with Gasteiger partial charge in [0.2, 0.25) is 0 Å². The second-order valence-corrected chi connectivity index (χ2v) is 14.5. The van der Waals surface area contributed by atoms with Gasteiger partial charge in [-0.1, -0.05) is 59.2 Å². The van der Waals surface area contributed by atoms with Gasteiger partial charge in [-0.2, -0.15) is 0 Å². The molecule has 5 rings (SSSR count). The summed E-state index contributed by atoms with van der Waals surface area (Å²) in [6.45, 7) is 6.08. The number of benzene rings is 1. The second-order valence-electron chi connectivity index (χ2n) is 10.7. The zero-order chi connectivity index (χ0) is 25.5. The number of halogens is 2. The van der Waals surface area contributed by atoms with Crippen molar-refractivity contribution in [1.82, 2.24) is 19.7 Å². The zero-order valence-electron chi connectivity index (χ0n) is 20.6. The lowest BCUT2D eigenvalue weighted by Crippen LogP contribution is -2.46. The van der Waals surface area contributed by atoms with Gasteiger partial charge >= 0.3 is 0 Å². The fraction of sp³-hybridized carbons (Fsp3) is 0.444. The van der Waals surface area contributed by atoms with E-state index in [-0.39, 0.29) is 21.4 Å². The summed E-state index contributed by atoms with van der Waals surface area (Å²) >= 11 is 12.6. The van der Waals surface area contributed by atoms with Crippen LogP contribution in [-0.4, -0.2) is 24.3 Å². The Balaban J connectivity index is 1.29. The summed E-state index contributed by atoms with van der Waals surface area (Å²) in [6.07, 6.45) is 10.6. The maximum absolute atomic E-state index is 13.1. The first kappa shape index (κ1) is 26.3. The molecule has 9 heteroatoms. The van der Waals surface area contributed by atoms with Gasteiger partial charge in [-0.15, -0.1) is 4.72 Å². The summed E-state index contributed by atoms with van der Waals surface area (Å²) in [4.78, 5) is 14.2. The summed E-state index contributed by atoms with van der Waals surface area (Å²) in [7, 11) is 0. The maximum Gasteiger partial charge on any atom is 0.148 e. The first-order valence-corrected chi connectivity index (χ1v) is 14.9. The normalized spacial score (nSPS) is 24.6. The van der Waals surface area contributed by atoms with Gasteiger partial charge in [0, 0.05) is 28.4 Å². The van der Waals surface area contributed by atoms with E-state index in [1.807, 2.05) is 39.2 Å². The number of nitrogens with one attached hydrogen (secondary N) is 1. The predicted octanol–water partition coefficient (Wildman–Crippen LogP) is 7.32. The number of hydrogen-bond donors (Lipinski definition) is 1. The Hall–Kier alpha value is -1.35. The minimum atomic E-state index is -1.13. The van der Waals surface area contributed by atoms with E-state index in [0.29, 0.717) is 10.9 Å². The van der Waals surface area contributed by atoms with Gasteiger partial charge in [0.1, 0.15) is 14.9 Å². The van der Waals surface area contributed by atoms with Crippen molar-refractivity contribution in [2.45, 2.75) is 79.5 Å². The number of aromatic nitrogens is 3. The lowest BCUT2D eigenvalue weighted by Gasteiger charge is -2.42. The van der Waals surface area contributed by atoms with Gasteiger partial charge < -0.3 is 4.55 Å². The average Bonchev–Trinajstić information content (AvgIpc) is 3.15. The van der Waals surface area contributed by atoms with Crippen molar-refractivity contribution < 1.29 is 4.55 Å². The molecule has 2 aromatic heterocycles. The van der Waals surface area contributed by atoms with Crippen LogP contribution in [0.25, 0.3) is 0 Å². The molecule has 0 amide bonds. The minimum absolute atomic E-state index is 0.0850. The Morgan fingerprint density at radius 2 is 1.81 bits per heavy atom. The van der Waals surface area contributed by atoms with Crippen molar-refractivity contribution in [2.75, 3.05) is 0 Å². The molecule has 0 aliphatic heterocycles. The Bertz CT molecular complexity index is 1230. The molecule has 2 aliphatic carbocycles. The summed E-state index contributed by atoms with van der Waals surface area (Å²) in [6, 6.07) is 10.6. The number of hydrogen-bond acceptors (Lipinski definition) is 6. The van der Waals surface area contributed by atoms with Gasteiger partial charge in [-0.3, -0.25) is 4.98 Å². The van der Waals surface area contributed by atoms with Crippen LogP contribution in [0.4, 0.5) is 0 Å². The van der Waals surface area contributed by atoms with Gasteiger partial charge in [-0.05, 0) is 75.5 Å².